The van der Waals surface area contributed by atoms with Crippen LogP contribution in [0.5, 0.6) is 0 Å². The molecule has 3 amide bonds. The number of morpholine rings is 1. The third kappa shape index (κ3) is 6.97. The summed E-state index contributed by atoms with van der Waals surface area (Å²) in [4.78, 5) is 27.6. The number of anilines is 1. The number of amides is 3. The number of fused-ring (bicyclic) bond motifs is 1. The molecule has 1 aliphatic heterocycles. The highest BCUT2D eigenvalue weighted by Crippen LogP contribution is 2.37. The Morgan fingerprint density at radius 3 is 2.44 bits per heavy atom. The first-order valence-electron chi connectivity index (χ1n) is 14.5. The van der Waals surface area contributed by atoms with Crippen molar-refractivity contribution >= 4 is 17.8 Å². The van der Waals surface area contributed by atoms with Gasteiger partial charge in [-0.25, -0.2) is 9.48 Å². The van der Waals surface area contributed by atoms with Gasteiger partial charge in [0.25, 0.3) is 0 Å². The highest BCUT2D eigenvalue weighted by Gasteiger charge is 2.29. The van der Waals surface area contributed by atoms with Crippen LogP contribution in [-0.4, -0.2) is 66.1 Å². The molecule has 9 nitrogen and oxygen atoms in total. The fourth-order valence-corrected chi connectivity index (χ4v) is 5.42. The Bertz CT molecular complexity index is 1360. The van der Waals surface area contributed by atoms with E-state index in [0.29, 0.717) is 38.7 Å². The van der Waals surface area contributed by atoms with Crippen molar-refractivity contribution in [3.05, 3.63) is 77.0 Å². The van der Waals surface area contributed by atoms with Gasteiger partial charge in [-0.1, -0.05) is 62.7 Å². The van der Waals surface area contributed by atoms with Crippen LogP contribution >= 0.6 is 0 Å². The van der Waals surface area contributed by atoms with Gasteiger partial charge in [-0.05, 0) is 43.0 Å². The number of hydrogen-bond acceptors (Lipinski definition) is 5. The van der Waals surface area contributed by atoms with Crippen LogP contribution < -0.4 is 10.6 Å². The number of hydrogen-bond donors (Lipinski definition) is 2. The highest BCUT2D eigenvalue weighted by atomic mass is 16.5. The lowest BCUT2D eigenvalue weighted by Crippen LogP contribution is -2.42. The molecule has 41 heavy (non-hydrogen) atoms. The van der Waals surface area contributed by atoms with Crippen LogP contribution in [0.2, 0.25) is 0 Å². The van der Waals surface area contributed by atoms with Crippen molar-refractivity contribution < 1.29 is 19.1 Å². The number of urea groups is 1. The first-order chi connectivity index (χ1) is 19.7. The normalized spacial score (nSPS) is 19.0. The SMILES string of the molecule is Cc1ccc(-n2nc(C(C)(C)C)cc2NC(=O)NC2CCC(COCC(=O)N3CCOCC3)c3ccccc32)cc1. The van der Waals surface area contributed by atoms with E-state index in [1.54, 1.807) is 9.58 Å². The van der Waals surface area contributed by atoms with Gasteiger partial charge in [0.15, 0.2) is 0 Å². The molecule has 218 valence electrons. The second-order valence-corrected chi connectivity index (χ2v) is 12.0. The predicted octanol–water partition coefficient (Wildman–Crippen LogP) is 5.09. The third-order valence-corrected chi connectivity index (χ3v) is 7.83. The van der Waals surface area contributed by atoms with Crippen molar-refractivity contribution in [1.29, 1.82) is 0 Å². The second-order valence-electron chi connectivity index (χ2n) is 12.0. The summed E-state index contributed by atoms with van der Waals surface area (Å²) in [5.41, 5.74) is 5.01. The van der Waals surface area contributed by atoms with Gasteiger partial charge >= 0.3 is 6.03 Å². The number of benzene rings is 2. The zero-order valence-electron chi connectivity index (χ0n) is 24.5. The second kappa shape index (κ2) is 12.4. The molecule has 1 aromatic heterocycles. The zero-order chi connectivity index (χ0) is 29.0. The summed E-state index contributed by atoms with van der Waals surface area (Å²) in [6.07, 6.45) is 1.63. The van der Waals surface area contributed by atoms with E-state index in [0.717, 1.165) is 40.9 Å². The van der Waals surface area contributed by atoms with Crippen LogP contribution in [0.1, 0.15) is 68.0 Å². The van der Waals surface area contributed by atoms with Gasteiger partial charge < -0.3 is 19.7 Å². The summed E-state index contributed by atoms with van der Waals surface area (Å²) in [6.45, 7) is 11.3. The molecule has 2 unspecified atom stereocenters. The number of rotatable bonds is 7. The molecule has 0 spiro atoms. The number of aromatic nitrogens is 2. The Labute approximate surface area is 242 Å². The number of nitrogens with zero attached hydrogens (tertiary/aromatic N) is 3. The van der Waals surface area contributed by atoms with Crippen LogP contribution in [0.15, 0.2) is 54.6 Å². The van der Waals surface area contributed by atoms with Crippen LogP contribution in [0, 0.1) is 6.92 Å². The van der Waals surface area contributed by atoms with E-state index in [1.165, 1.54) is 0 Å². The number of carbonyl (C=O) groups is 2. The summed E-state index contributed by atoms with van der Waals surface area (Å²) >= 11 is 0. The van der Waals surface area contributed by atoms with Gasteiger partial charge in [0.2, 0.25) is 5.91 Å². The summed E-state index contributed by atoms with van der Waals surface area (Å²) in [6, 6.07) is 17.8. The lowest BCUT2D eigenvalue weighted by atomic mass is 9.80. The van der Waals surface area contributed by atoms with Gasteiger partial charge in [-0.2, -0.15) is 5.10 Å². The lowest BCUT2D eigenvalue weighted by molar-refractivity contribution is -0.140. The van der Waals surface area contributed by atoms with E-state index in [2.05, 4.69) is 43.5 Å². The van der Waals surface area contributed by atoms with Crippen LogP contribution in [-0.2, 0) is 19.7 Å². The average molecular weight is 560 g/mol. The van der Waals surface area contributed by atoms with Gasteiger partial charge in [0.05, 0.1) is 37.2 Å². The Kier molecular flexibility index (Phi) is 8.75. The maximum Gasteiger partial charge on any atom is 0.320 e. The van der Waals surface area contributed by atoms with E-state index in [9.17, 15) is 9.59 Å². The first-order valence-corrected chi connectivity index (χ1v) is 14.5. The molecule has 2 aliphatic rings. The van der Waals surface area contributed by atoms with E-state index in [4.69, 9.17) is 14.6 Å². The Morgan fingerprint density at radius 1 is 1.02 bits per heavy atom. The third-order valence-electron chi connectivity index (χ3n) is 7.83. The minimum atomic E-state index is -0.274. The molecule has 0 saturated carbocycles. The number of nitrogens with one attached hydrogen (secondary N) is 2. The smallest absolute Gasteiger partial charge is 0.320 e. The largest absolute Gasteiger partial charge is 0.378 e. The number of aryl methyl sites for hydroxylation is 1. The van der Waals surface area contributed by atoms with Gasteiger partial charge in [-0.3, -0.25) is 10.1 Å². The summed E-state index contributed by atoms with van der Waals surface area (Å²) in [7, 11) is 0. The van der Waals surface area contributed by atoms with Crippen LogP contribution in [0.25, 0.3) is 5.69 Å². The molecule has 1 fully saturated rings. The van der Waals surface area contributed by atoms with Crippen molar-refractivity contribution in [3.63, 3.8) is 0 Å². The zero-order valence-corrected chi connectivity index (χ0v) is 24.5. The molecule has 1 saturated heterocycles. The first kappa shape index (κ1) is 28.8. The molecule has 1 aliphatic carbocycles. The summed E-state index contributed by atoms with van der Waals surface area (Å²) in [5.74, 6) is 0.798. The molecule has 9 heteroatoms. The van der Waals surface area contributed by atoms with E-state index in [1.807, 2.05) is 49.4 Å². The maximum absolute atomic E-state index is 13.3. The molecule has 0 radical (unpaired) electrons. The van der Waals surface area contributed by atoms with Crippen molar-refractivity contribution in [2.75, 3.05) is 44.8 Å². The molecule has 2 heterocycles. The van der Waals surface area contributed by atoms with Crippen LogP contribution in [0.3, 0.4) is 0 Å². The standard InChI is InChI=1S/C32H41N5O4/c1-22-9-12-24(13-10-22)37-29(19-28(35-37)32(2,3)4)34-31(39)33-27-14-11-23(25-7-5-6-8-26(25)27)20-41-21-30(38)36-15-17-40-18-16-36/h5-10,12-13,19,23,27H,11,14-18,20-21H2,1-4H3,(H2,33,34,39). The van der Waals surface area contributed by atoms with Crippen molar-refractivity contribution in [2.45, 2.75) is 57.9 Å². The fourth-order valence-electron chi connectivity index (χ4n) is 5.42. The van der Waals surface area contributed by atoms with E-state index < -0.39 is 0 Å². The molecule has 2 atom stereocenters. The van der Waals surface area contributed by atoms with Gasteiger partial charge in [0, 0.05) is 30.5 Å². The summed E-state index contributed by atoms with van der Waals surface area (Å²) < 4.78 is 13.0. The molecule has 2 N–H and O–H groups in total. The number of ether oxygens (including phenoxy) is 2. The maximum atomic E-state index is 13.3. The Morgan fingerprint density at radius 2 is 1.73 bits per heavy atom. The van der Waals surface area contributed by atoms with Crippen molar-refractivity contribution in [1.82, 2.24) is 20.0 Å². The average Bonchev–Trinajstić information content (AvgIpc) is 3.39. The van der Waals surface area contributed by atoms with E-state index in [-0.39, 0.29) is 35.9 Å². The van der Waals surface area contributed by atoms with Gasteiger partial charge in [-0.15, -0.1) is 0 Å². The van der Waals surface area contributed by atoms with Crippen molar-refractivity contribution in [3.8, 4) is 5.69 Å². The Hall–Kier alpha value is -3.69. The summed E-state index contributed by atoms with van der Waals surface area (Å²) in [5, 5.41) is 11.1. The molecule has 2 aromatic carbocycles. The molecule has 3 aromatic rings. The van der Waals surface area contributed by atoms with Gasteiger partial charge in [0.1, 0.15) is 12.4 Å². The molecular formula is C32H41N5O4. The predicted molar refractivity (Wildman–Crippen MR) is 159 cm³/mol. The van der Waals surface area contributed by atoms with Crippen LogP contribution in [0.4, 0.5) is 10.6 Å². The molecular weight excluding hydrogens is 518 g/mol. The van der Waals surface area contributed by atoms with E-state index >= 15 is 0 Å². The minimum absolute atomic E-state index is 0.00750. The molecule has 5 rings (SSSR count). The monoisotopic (exact) mass is 559 g/mol. The quantitative estimate of drug-likeness (QED) is 0.420. The lowest BCUT2D eigenvalue weighted by Gasteiger charge is -2.32. The topological polar surface area (TPSA) is 97.7 Å². The minimum Gasteiger partial charge on any atom is -0.378 e. The van der Waals surface area contributed by atoms with Crippen molar-refractivity contribution in [2.24, 2.45) is 0 Å². The molecule has 0 bridgehead atoms. The number of carbonyl (C=O) groups excluding carboxylic acids is 2. The highest BCUT2D eigenvalue weighted by molar-refractivity contribution is 5.89. The Balaban J connectivity index is 1.24. The fraction of sp³-hybridized carbons (Fsp3) is 0.469.